The minimum Gasteiger partial charge on any atom is -0.497 e. The molecule has 156 valence electrons. The molecule has 2 atom stereocenters. The molecule has 0 fully saturated rings. The van der Waals surface area contributed by atoms with Crippen molar-refractivity contribution in [2.24, 2.45) is 0 Å². The highest BCUT2D eigenvalue weighted by Crippen LogP contribution is 2.47. The molecule has 0 aromatic heterocycles. The van der Waals surface area contributed by atoms with Crippen LogP contribution >= 0.6 is 0 Å². The Kier molecular flexibility index (Phi) is 6.54. The molecule has 0 radical (unpaired) electrons. The van der Waals surface area contributed by atoms with Gasteiger partial charge in [0.1, 0.15) is 5.75 Å². The third-order valence-electron chi connectivity index (χ3n) is 6.58. The third kappa shape index (κ3) is 4.29. The summed E-state index contributed by atoms with van der Waals surface area (Å²) in [7, 11) is 1.75. The number of benzene rings is 3. The molecule has 0 saturated heterocycles. The number of fused-ring (bicyclic) bond motifs is 1. The van der Waals surface area contributed by atoms with E-state index in [1.54, 1.807) is 7.11 Å². The van der Waals surface area contributed by atoms with Crippen molar-refractivity contribution in [2.45, 2.75) is 44.9 Å². The molecular weight excluding hydrogens is 366 g/mol. The number of methoxy groups -OCH3 is 1. The third-order valence-corrected chi connectivity index (χ3v) is 6.58. The van der Waals surface area contributed by atoms with Crippen molar-refractivity contribution < 1.29 is 4.74 Å². The van der Waals surface area contributed by atoms with Crippen molar-refractivity contribution in [3.8, 4) is 5.75 Å². The lowest BCUT2D eigenvalue weighted by atomic mass is 9.68. The van der Waals surface area contributed by atoms with Gasteiger partial charge in [-0.1, -0.05) is 61.5 Å². The maximum atomic E-state index is 5.51. The molecule has 30 heavy (non-hydrogen) atoms. The van der Waals surface area contributed by atoms with Crippen LogP contribution in [0.2, 0.25) is 0 Å². The molecule has 0 aliphatic heterocycles. The van der Waals surface area contributed by atoms with Gasteiger partial charge in [0.15, 0.2) is 0 Å². The maximum Gasteiger partial charge on any atom is 0.119 e. The summed E-state index contributed by atoms with van der Waals surface area (Å²) < 4.78 is 5.51. The maximum absolute atomic E-state index is 5.51. The van der Waals surface area contributed by atoms with Gasteiger partial charge in [0.05, 0.1) is 7.11 Å². The average molecular weight is 400 g/mol. The summed E-state index contributed by atoms with van der Waals surface area (Å²) in [4.78, 5) is 0. The lowest BCUT2D eigenvalue weighted by Gasteiger charge is -2.35. The molecule has 2 nitrogen and oxygen atoms in total. The second kappa shape index (κ2) is 9.49. The van der Waals surface area contributed by atoms with Gasteiger partial charge in [0.25, 0.3) is 0 Å². The van der Waals surface area contributed by atoms with E-state index in [-0.39, 0.29) is 0 Å². The Labute approximate surface area is 181 Å². The Hall–Kier alpha value is -2.58. The number of hydrogen-bond donors (Lipinski definition) is 1. The molecule has 0 heterocycles. The average Bonchev–Trinajstić information content (AvgIpc) is 2.79. The van der Waals surface area contributed by atoms with E-state index < -0.39 is 0 Å². The zero-order chi connectivity index (χ0) is 20.9. The fourth-order valence-corrected chi connectivity index (χ4v) is 4.97. The number of hydrogen-bond acceptors (Lipinski definition) is 2. The largest absolute Gasteiger partial charge is 0.497 e. The van der Waals surface area contributed by atoms with Crippen molar-refractivity contribution in [3.63, 3.8) is 0 Å². The van der Waals surface area contributed by atoms with Gasteiger partial charge in [-0.25, -0.2) is 0 Å². The van der Waals surface area contributed by atoms with Crippen LogP contribution in [0.5, 0.6) is 5.75 Å². The van der Waals surface area contributed by atoms with Crippen molar-refractivity contribution in [3.05, 3.63) is 100 Å². The Bertz CT molecular complexity index is 976. The summed E-state index contributed by atoms with van der Waals surface area (Å²) in [5.74, 6) is 1.84. The minimum absolute atomic E-state index is 0.378. The van der Waals surface area contributed by atoms with Gasteiger partial charge in [-0.15, -0.1) is 0 Å². The van der Waals surface area contributed by atoms with Gasteiger partial charge in [-0.05, 0) is 90.7 Å². The van der Waals surface area contributed by atoms with E-state index in [0.717, 1.165) is 38.1 Å². The molecule has 1 aliphatic carbocycles. The van der Waals surface area contributed by atoms with Crippen LogP contribution in [0.1, 0.15) is 58.6 Å². The lowest BCUT2D eigenvalue weighted by Crippen LogP contribution is -2.21. The standard InChI is InChI=1S/C28H33NO/c1-4-29-18-17-21-9-11-22(12-10-21)28-26-16-14-24(30-3)19-23(26)13-15-27(28)25-8-6-5-7-20(25)2/h5-12,14,16,19,27-29H,4,13,15,17-18H2,1-3H3/t27-,28-/m1/s1. The van der Waals surface area contributed by atoms with Crippen molar-refractivity contribution in [2.75, 3.05) is 20.2 Å². The van der Waals surface area contributed by atoms with Gasteiger partial charge < -0.3 is 10.1 Å². The van der Waals surface area contributed by atoms with E-state index >= 15 is 0 Å². The molecule has 0 bridgehead atoms. The highest BCUT2D eigenvalue weighted by molar-refractivity contribution is 5.49. The van der Waals surface area contributed by atoms with E-state index in [1.165, 1.54) is 33.4 Å². The van der Waals surface area contributed by atoms with Crippen LogP contribution < -0.4 is 10.1 Å². The van der Waals surface area contributed by atoms with Crippen LogP contribution in [0.15, 0.2) is 66.7 Å². The smallest absolute Gasteiger partial charge is 0.119 e. The van der Waals surface area contributed by atoms with Gasteiger partial charge in [0.2, 0.25) is 0 Å². The Morgan fingerprint density at radius 3 is 2.50 bits per heavy atom. The predicted octanol–water partition coefficient (Wildman–Crippen LogP) is 6.02. The molecule has 1 aliphatic rings. The highest BCUT2D eigenvalue weighted by atomic mass is 16.5. The predicted molar refractivity (Wildman–Crippen MR) is 126 cm³/mol. The molecule has 3 aromatic carbocycles. The zero-order valence-electron chi connectivity index (χ0n) is 18.4. The number of likely N-dealkylation sites (N-methyl/N-ethyl adjacent to an activating group) is 1. The molecule has 1 N–H and O–H groups in total. The Morgan fingerprint density at radius 1 is 0.967 bits per heavy atom. The Morgan fingerprint density at radius 2 is 1.77 bits per heavy atom. The fraction of sp³-hybridized carbons (Fsp3) is 0.357. The number of nitrogens with one attached hydrogen (secondary N) is 1. The van der Waals surface area contributed by atoms with Crippen LogP contribution in [-0.2, 0) is 12.8 Å². The van der Waals surface area contributed by atoms with Crippen molar-refractivity contribution in [1.82, 2.24) is 5.32 Å². The van der Waals surface area contributed by atoms with E-state index in [0.29, 0.717) is 11.8 Å². The highest BCUT2D eigenvalue weighted by Gasteiger charge is 2.32. The summed E-state index contributed by atoms with van der Waals surface area (Å²) in [6.45, 7) is 6.47. The summed E-state index contributed by atoms with van der Waals surface area (Å²) in [5.41, 5.74) is 8.59. The summed E-state index contributed by atoms with van der Waals surface area (Å²) >= 11 is 0. The van der Waals surface area contributed by atoms with E-state index in [1.807, 2.05) is 0 Å². The second-order valence-corrected chi connectivity index (χ2v) is 8.39. The molecule has 0 amide bonds. The van der Waals surface area contributed by atoms with Gasteiger partial charge >= 0.3 is 0 Å². The Balaban J connectivity index is 1.72. The second-order valence-electron chi connectivity index (χ2n) is 8.39. The van der Waals surface area contributed by atoms with Gasteiger partial charge in [-0.2, -0.15) is 0 Å². The fourth-order valence-electron chi connectivity index (χ4n) is 4.97. The summed E-state index contributed by atoms with van der Waals surface area (Å²) in [6.07, 6.45) is 3.34. The van der Waals surface area contributed by atoms with Crippen molar-refractivity contribution in [1.29, 1.82) is 0 Å². The van der Waals surface area contributed by atoms with Crippen LogP contribution in [0.3, 0.4) is 0 Å². The van der Waals surface area contributed by atoms with Gasteiger partial charge in [-0.3, -0.25) is 0 Å². The molecular formula is C28H33NO. The first-order chi connectivity index (χ1) is 14.7. The topological polar surface area (TPSA) is 21.3 Å². The van der Waals surface area contributed by atoms with Crippen molar-refractivity contribution >= 4 is 0 Å². The number of aryl methyl sites for hydroxylation is 2. The van der Waals surface area contributed by atoms with Gasteiger partial charge in [0, 0.05) is 5.92 Å². The number of rotatable bonds is 7. The first-order valence-electron chi connectivity index (χ1n) is 11.2. The van der Waals surface area contributed by atoms with Crippen LogP contribution in [-0.4, -0.2) is 20.2 Å². The SMILES string of the molecule is CCNCCc1ccc([C@@H]2c3ccc(OC)cc3CC[C@@H]2c2ccccc2C)cc1. The normalized spacial score (nSPS) is 18.1. The van der Waals surface area contributed by atoms with E-state index in [2.05, 4.69) is 85.9 Å². The van der Waals surface area contributed by atoms with Crippen LogP contribution in [0.25, 0.3) is 0 Å². The first kappa shape index (κ1) is 20.7. The molecule has 4 rings (SSSR count). The minimum atomic E-state index is 0.378. The van der Waals surface area contributed by atoms with E-state index in [9.17, 15) is 0 Å². The lowest BCUT2D eigenvalue weighted by molar-refractivity contribution is 0.412. The molecule has 3 aromatic rings. The number of ether oxygens (including phenoxy) is 1. The summed E-state index contributed by atoms with van der Waals surface area (Å²) in [6, 6.07) is 24.9. The van der Waals surface area contributed by atoms with E-state index in [4.69, 9.17) is 4.74 Å². The molecule has 0 unspecified atom stereocenters. The quantitative estimate of drug-likeness (QED) is 0.491. The van der Waals surface area contributed by atoms with Crippen LogP contribution in [0, 0.1) is 6.92 Å². The zero-order valence-corrected chi connectivity index (χ0v) is 18.4. The molecule has 2 heteroatoms. The molecule has 0 spiro atoms. The summed E-state index contributed by atoms with van der Waals surface area (Å²) in [5, 5.41) is 3.42. The molecule has 0 saturated carbocycles. The van der Waals surface area contributed by atoms with Crippen LogP contribution in [0.4, 0.5) is 0 Å². The monoisotopic (exact) mass is 399 g/mol. The first-order valence-corrected chi connectivity index (χ1v) is 11.2.